The number of nitrogens with zero attached hydrogens (tertiary/aromatic N) is 1. The molecule has 0 N–H and O–H groups in total. The minimum absolute atomic E-state index is 0.0873. The van der Waals surface area contributed by atoms with E-state index in [0.717, 1.165) is 11.1 Å². The second-order valence-corrected chi connectivity index (χ2v) is 14.0. The first-order chi connectivity index (χ1) is 12.1. The third kappa shape index (κ3) is 5.46. The summed E-state index contributed by atoms with van der Waals surface area (Å²) >= 11 is 0. The number of rotatable bonds is 6. The van der Waals surface area contributed by atoms with E-state index in [1.54, 1.807) is 6.21 Å². The van der Waals surface area contributed by atoms with Crippen LogP contribution in [0.3, 0.4) is 0 Å². The van der Waals surface area contributed by atoms with E-state index in [9.17, 15) is 4.21 Å². The van der Waals surface area contributed by atoms with Crippen LogP contribution in [0.2, 0.25) is 18.1 Å². The van der Waals surface area contributed by atoms with Crippen LogP contribution in [0.5, 0.6) is 0 Å². The zero-order valence-corrected chi connectivity index (χ0v) is 18.3. The van der Waals surface area contributed by atoms with E-state index in [4.69, 9.17) is 4.43 Å². The number of hydrogen-bond donors (Lipinski definition) is 0. The molecule has 0 aromatic heterocycles. The minimum atomic E-state index is -2.00. The largest absolute Gasteiger partial charge is 0.405 e. The first-order valence-corrected chi connectivity index (χ1v) is 12.9. The van der Waals surface area contributed by atoms with E-state index in [2.05, 4.69) is 38.3 Å². The SMILES string of the molecule is Cc1ccc([S@@](=O)/N=C/[C@H](O[Si](C)(C)C(C)(C)C)c2ccccc2)cc1. The monoisotopic (exact) mass is 387 g/mol. The molecule has 0 heterocycles. The molecule has 0 aliphatic carbocycles. The smallest absolute Gasteiger partial charge is 0.193 e. The molecular weight excluding hydrogens is 358 g/mol. The summed E-state index contributed by atoms with van der Waals surface area (Å²) in [4.78, 5) is 0.700. The van der Waals surface area contributed by atoms with Gasteiger partial charge in [0.1, 0.15) is 6.10 Å². The third-order valence-electron chi connectivity index (χ3n) is 4.87. The van der Waals surface area contributed by atoms with E-state index >= 15 is 0 Å². The molecule has 5 heteroatoms. The van der Waals surface area contributed by atoms with E-state index in [1.165, 1.54) is 0 Å². The normalized spacial score (nSPS) is 15.2. The lowest BCUT2D eigenvalue weighted by Gasteiger charge is -2.38. The molecule has 0 bridgehead atoms. The summed E-state index contributed by atoms with van der Waals surface area (Å²) in [6.45, 7) is 13.1. The van der Waals surface area contributed by atoms with Crippen molar-refractivity contribution in [3.8, 4) is 0 Å². The Labute approximate surface area is 161 Å². The molecule has 0 saturated carbocycles. The van der Waals surface area contributed by atoms with Crippen molar-refractivity contribution in [3.63, 3.8) is 0 Å². The van der Waals surface area contributed by atoms with Crippen molar-refractivity contribution < 1.29 is 8.63 Å². The van der Waals surface area contributed by atoms with Gasteiger partial charge in [0.15, 0.2) is 19.3 Å². The molecule has 0 radical (unpaired) electrons. The van der Waals surface area contributed by atoms with Crippen LogP contribution in [0.15, 0.2) is 63.9 Å². The zero-order chi connectivity index (χ0) is 19.4. The molecule has 2 atom stereocenters. The van der Waals surface area contributed by atoms with E-state index < -0.39 is 19.3 Å². The molecule has 0 aliphatic heterocycles. The lowest BCUT2D eigenvalue weighted by molar-refractivity contribution is 0.251. The second-order valence-electron chi connectivity index (χ2n) is 8.03. The maximum absolute atomic E-state index is 12.5. The van der Waals surface area contributed by atoms with Gasteiger partial charge in [-0.15, -0.1) is 0 Å². The Morgan fingerprint density at radius 3 is 2.15 bits per heavy atom. The van der Waals surface area contributed by atoms with Gasteiger partial charge in [0.2, 0.25) is 0 Å². The molecule has 140 valence electrons. The standard InChI is InChI=1S/C21H29NO2SSi/c1-17-12-14-19(15-13-17)25(23)22-16-20(18-10-8-7-9-11-18)24-26(5,6)21(2,3)4/h7-16,20H,1-6H3/b22-16+/t20-,25+/m0/s1. The quantitative estimate of drug-likeness (QED) is 0.460. The molecule has 0 unspecified atom stereocenters. The molecule has 26 heavy (non-hydrogen) atoms. The topological polar surface area (TPSA) is 38.7 Å². The van der Waals surface area contributed by atoms with Crippen molar-refractivity contribution >= 4 is 25.5 Å². The second kappa shape index (κ2) is 8.42. The highest BCUT2D eigenvalue weighted by atomic mass is 32.2. The maximum Gasteiger partial charge on any atom is 0.193 e. The molecule has 0 aliphatic rings. The van der Waals surface area contributed by atoms with E-state index in [1.807, 2.05) is 61.5 Å². The molecule has 2 aromatic carbocycles. The summed E-state index contributed by atoms with van der Waals surface area (Å²) in [7, 11) is -3.43. The highest BCUT2D eigenvalue weighted by Gasteiger charge is 2.39. The number of hydrogen-bond acceptors (Lipinski definition) is 2. The number of aryl methyl sites for hydroxylation is 1. The van der Waals surface area contributed by atoms with Crippen LogP contribution in [0.4, 0.5) is 0 Å². The zero-order valence-electron chi connectivity index (χ0n) is 16.5. The third-order valence-corrected chi connectivity index (χ3v) is 10.3. The molecule has 2 aromatic rings. The first kappa shape index (κ1) is 20.7. The molecule has 0 amide bonds. The van der Waals surface area contributed by atoms with Gasteiger partial charge < -0.3 is 4.43 Å². The van der Waals surface area contributed by atoms with Gasteiger partial charge in [-0.25, -0.2) is 4.21 Å². The Morgan fingerprint density at radius 2 is 1.62 bits per heavy atom. The van der Waals surface area contributed by atoms with Crippen LogP contribution in [0.25, 0.3) is 0 Å². The summed E-state index contributed by atoms with van der Waals surface area (Å²) in [6.07, 6.45) is 1.40. The van der Waals surface area contributed by atoms with Gasteiger partial charge in [0.05, 0.1) is 4.90 Å². The Morgan fingerprint density at radius 1 is 1.04 bits per heavy atom. The highest BCUT2D eigenvalue weighted by molar-refractivity contribution is 7.83. The number of benzene rings is 2. The van der Waals surface area contributed by atoms with Crippen LogP contribution < -0.4 is 0 Å². The lowest BCUT2D eigenvalue weighted by atomic mass is 10.1. The van der Waals surface area contributed by atoms with Crippen LogP contribution in [0.1, 0.15) is 38.0 Å². The molecule has 0 saturated heterocycles. The van der Waals surface area contributed by atoms with Gasteiger partial charge in [0.25, 0.3) is 0 Å². The highest BCUT2D eigenvalue weighted by Crippen LogP contribution is 2.39. The van der Waals surface area contributed by atoms with Crippen molar-refractivity contribution in [2.45, 2.75) is 56.8 Å². The Hall–Kier alpha value is -1.56. The predicted molar refractivity (Wildman–Crippen MR) is 114 cm³/mol. The fourth-order valence-corrected chi connectivity index (χ4v) is 4.04. The van der Waals surface area contributed by atoms with Crippen LogP contribution in [-0.4, -0.2) is 18.7 Å². The Kier molecular flexibility index (Phi) is 6.72. The van der Waals surface area contributed by atoms with Crippen LogP contribution in [-0.2, 0) is 15.4 Å². The van der Waals surface area contributed by atoms with Gasteiger partial charge in [-0.3, -0.25) is 0 Å². The van der Waals surface area contributed by atoms with Gasteiger partial charge in [-0.2, -0.15) is 4.40 Å². The summed E-state index contributed by atoms with van der Waals surface area (Å²) in [5, 5.41) is 0.0873. The van der Waals surface area contributed by atoms with E-state index in [0.29, 0.717) is 4.90 Å². The summed E-state index contributed by atoms with van der Waals surface area (Å²) in [5.74, 6) is 0. The van der Waals surface area contributed by atoms with Crippen molar-refractivity contribution in [2.24, 2.45) is 4.40 Å². The van der Waals surface area contributed by atoms with Crippen LogP contribution in [0, 0.1) is 6.92 Å². The fourth-order valence-electron chi connectivity index (χ4n) is 2.15. The summed E-state index contributed by atoms with van der Waals surface area (Å²) in [5.41, 5.74) is 2.17. The van der Waals surface area contributed by atoms with Gasteiger partial charge in [-0.05, 0) is 42.8 Å². The molecule has 2 rings (SSSR count). The molecule has 0 fully saturated rings. The molecule has 0 spiro atoms. The first-order valence-electron chi connectivity index (χ1n) is 8.86. The Balaban J connectivity index is 2.27. The van der Waals surface area contributed by atoms with Crippen molar-refractivity contribution in [1.82, 2.24) is 0 Å². The summed E-state index contributed by atoms with van der Waals surface area (Å²) < 4.78 is 23.4. The minimum Gasteiger partial charge on any atom is -0.405 e. The van der Waals surface area contributed by atoms with Gasteiger partial charge in [0, 0.05) is 6.21 Å². The average Bonchev–Trinajstić information content (AvgIpc) is 2.58. The van der Waals surface area contributed by atoms with Crippen molar-refractivity contribution in [3.05, 3.63) is 65.7 Å². The van der Waals surface area contributed by atoms with Crippen molar-refractivity contribution in [2.75, 3.05) is 0 Å². The maximum atomic E-state index is 12.5. The summed E-state index contributed by atoms with van der Waals surface area (Å²) in [6, 6.07) is 17.6. The fraction of sp³-hybridized carbons (Fsp3) is 0.381. The molecular formula is C21H29NO2SSi. The lowest BCUT2D eigenvalue weighted by Crippen LogP contribution is -2.42. The van der Waals surface area contributed by atoms with E-state index in [-0.39, 0.29) is 11.1 Å². The average molecular weight is 388 g/mol. The predicted octanol–water partition coefficient (Wildman–Crippen LogP) is 5.85. The van der Waals surface area contributed by atoms with Gasteiger partial charge in [-0.1, -0.05) is 68.8 Å². The Bertz CT molecular complexity index is 765. The van der Waals surface area contributed by atoms with Crippen molar-refractivity contribution in [1.29, 1.82) is 0 Å². The van der Waals surface area contributed by atoms with Crippen LogP contribution >= 0.6 is 0 Å². The molecule has 3 nitrogen and oxygen atoms in total. The van der Waals surface area contributed by atoms with Gasteiger partial charge >= 0.3 is 0 Å².